The first-order valence-electron chi connectivity index (χ1n) is 6.04. The Hall–Kier alpha value is -1.40. The van der Waals surface area contributed by atoms with Crippen molar-refractivity contribution in [2.45, 2.75) is 20.4 Å². The number of carboxylic acid groups (broad SMARTS) is 1. The second-order valence-corrected chi connectivity index (χ2v) is 6.55. The maximum atomic E-state index is 11.4. The number of anilines is 1. The lowest BCUT2D eigenvalue weighted by atomic mass is 10.1. The fourth-order valence-electron chi connectivity index (χ4n) is 2.13. The predicted octanol–water partition coefficient (Wildman–Crippen LogP) is 3.86. The molecule has 0 atom stereocenters. The molecule has 106 valence electrons. The zero-order valence-corrected chi connectivity index (χ0v) is 13.9. The molecule has 2 aromatic rings. The van der Waals surface area contributed by atoms with Crippen LogP contribution in [-0.2, 0) is 6.54 Å². The van der Waals surface area contributed by atoms with Crippen molar-refractivity contribution >= 4 is 38.9 Å². The van der Waals surface area contributed by atoms with E-state index in [-0.39, 0.29) is 5.56 Å². The second kappa shape index (κ2) is 5.93. The molecule has 0 bridgehead atoms. The smallest absolute Gasteiger partial charge is 0.339 e. The van der Waals surface area contributed by atoms with Gasteiger partial charge in [0.15, 0.2) is 0 Å². The standard InChI is InChI=1S/C14H15BrN2O2S/c1-8-4-12(13(14(18)19)9(2)16-8)17(3)6-11-5-10(15)7-20-11/h4-5,7H,6H2,1-3H3,(H,18,19). The van der Waals surface area contributed by atoms with Crippen molar-refractivity contribution in [1.29, 1.82) is 0 Å². The van der Waals surface area contributed by atoms with Crippen LogP contribution in [-0.4, -0.2) is 23.1 Å². The summed E-state index contributed by atoms with van der Waals surface area (Å²) in [7, 11) is 1.90. The van der Waals surface area contributed by atoms with Gasteiger partial charge in [0.05, 0.1) is 17.9 Å². The summed E-state index contributed by atoms with van der Waals surface area (Å²) < 4.78 is 1.05. The van der Waals surface area contributed by atoms with E-state index in [0.717, 1.165) is 10.2 Å². The van der Waals surface area contributed by atoms with Gasteiger partial charge in [0, 0.05) is 27.5 Å². The molecule has 2 rings (SSSR count). The van der Waals surface area contributed by atoms with Gasteiger partial charge >= 0.3 is 5.97 Å². The molecule has 0 unspecified atom stereocenters. The minimum atomic E-state index is -0.941. The molecule has 0 fully saturated rings. The quantitative estimate of drug-likeness (QED) is 0.905. The van der Waals surface area contributed by atoms with Gasteiger partial charge in [0.1, 0.15) is 5.56 Å². The van der Waals surface area contributed by atoms with Crippen molar-refractivity contribution in [1.82, 2.24) is 4.98 Å². The molecule has 0 radical (unpaired) electrons. The summed E-state index contributed by atoms with van der Waals surface area (Å²) in [5.74, 6) is -0.941. The summed E-state index contributed by atoms with van der Waals surface area (Å²) in [5.41, 5.74) is 2.34. The number of aromatic carboxylic acids is 1. The van der Waals surface area contributed by atoms with Gasteiger partial charge in [-0.25, -0.2) is 4.79 Å². The van der Waals surface area contributed by atoms with Gasteiger partial charge in [-0.15, -0.1) is 11.3 Å². The van der Waals surface area contributed by atoms with Crippen molar-refractivity contribution in [3.05, 3.63) is 43.8 Å². The van der Waals surface area contributed by atoms with Gasteiger partial charge in [-0.3, -0.25) is 4.98 Å². The van der Waals surface area contributed by atoms with E-state index in [2.05, 4.69) is 20.9 Å². The molecule has 0 aromatic carbocycles. The van der Waals surface area contributed by atoms with Crippen molar-refractivity contribution < 1.29 is 9.90 Å². The van der Waals surface area contributed by atoms with Crippen LogP contribution in [0.2, 0.25) is 0 Å². The summed E-state index contributed by atoms with van der Waals surface area (Å²) in [5, 5.41) is 11.4. The first-order valence-corrected chi connectivity index (χ1v) is 7.71. The highest BCUT2D eigenvalue weighted by Crippen LogP contribution is 2.27. The Morgan fingerprint density at radius 3 is 2.70 bits per heavy atom. The molecule has 0 amide bonds. The Morgan fingerprint density at radius 1 is 1.45 bits per heavy atom. The van der Waals surface area contributed by atoms with Crippen LogP contribution in [0, 0.1) is 13.8 Å². The molecule has 4 nitrogen and oxygen atoms in total. The molecule has 0 aliphatic rings. The number of nitrogens with zero attached hydrogens (tertiary/aromatic N) is 2. The van der Waals surface area contributed by atoms with E-state index < -0.39 is 5.97 Å². The van der Waals surface area contributed by atoms with E-state index in [1.807, 2.05) is 36.4 Å². The Labute approximate surface area is 130 Å². The van der Waals surface area contributed by atoms with E-state index >= 15 is 0 Å². The van der Waals surface area contributed by atoms with Gasteiger partial charge in [0.25, 0.3) is 0 Å². The molecule has 2 aromatic heterocycles. The van der Waals surface area contributed by atoms with Crippen LogP contribution in [0.25, 0.3) is 0 Å². The fourth-order valence-corrected chi connectivity index (χ4v) is 3.63. The predicted molar refractivity (Wildman–Crippen MR) is 84.8 cm³/mol. The lowest BCUT2D eigenvalue weighted by Gasteiger charge is -2.22. The largest absolute Gasteiger partial charge is 0.478 e. The molecule has 0 saturated carbocycles. The minimum Gasteiger partial charge on any atom is -0.478 e. The summed E-state index contributed by atoms with van der Waals surface area (Å²) in [6.07, 6.45) is 0. The number of thiophene rings is 1. The van der Waals surface area contributed by atoms with Crippen LogP contribution in [0.4, 0.5) is 5.69 Å². The first-order chi connectivity index (χ1) is 9.38. The Balaban J connectivity index is 2.38. The van der Waals surface area contributed by atoms with Crippen LogP contribution >= 0.6 is 27.3 Å². The average Bonchev–Trinajstić information content (AvgIpc) is 2.72. The summed E-state index contributed by atoms with van der Waals surface area (Å²) in [6.45, 7) is 4.27. The average molecular weight is 355 g/mol. The van der Waals surface area contributed by atoms with Crippen molar-refractivity contribution in [2.75, 3.05) is 11.9 Å². The maximum Gasteiger partial charge on any atom is 0.339 e. The van der Waals surface area contributed by atoms with Crippen LogP contribution in [0.15, 0.2) is 22.0 Å². The van der Waals surface area contributed by atoms with E-state index in [0.29, 0.717) is 17.9 Å². The zero-order chi connectivity index (χ0) is 14.9. The zero-order valence-electron chi connectivity index (χ0n) is 11.5. The minimum absolute atomic E-state index is 0.272. The maximum absolute atomic E-state index is 11.4. The highest BCUT2D eigenvalue weighted by molar-refractivity contribution is 9.10. The topological polar surface area (TPSA) is 53.4 Å². The first kappa shape index (κ1) is 15.0. The number of aromatic nitrogens is 1. The lowest BCUT2D eigenvalue weighted by molar-refractivity contribution is 0.0696. The molecule has 0 aliphatic heterocycles. The Bertz CT molecular complexity index is 655. The number of aryl methyl sites for hydroxylation is 2. The van der Waals surface area contributed by atoms with Gasteiger partial charge in [-0.1, -0.05) is 0 Å². The highest BCUT2D eigenvalue weighted by atomic mass is 79.9. The third-order valence-corrected chi connectivity index (χ3v) is 4.63. The van der Waals surface area contributed by atoms with Gasteiger partial charge in [-0.05, 0) is 41.9 Å². The van der Waals surface area contributed by atoms with Crippen LogP contribution in [0.3, 0.4) is 0 Å². The van der Waals surface area contributed by atoms with Gasteiger partial charge in [-0.2, -0.15) is 0 Å². The molecule has 1 N–H and O–H groups in total. The molecule has 20 heavy (non-hydrogen) atoms. The number of carbonyl (C=O) groups is 1. The van der Waals surface area contributed by atoms with Crippen molar-refractivity contribution in [3.8, 4) is 0 Å². The van der Waals surface area contributed by atoms with E-state index in [1.165, 1.54) is 4.88 Å². The van der Waals surface area contributed by atoms with Crippen LogP contribution in [0.1, 0.15) is 26.6 Å². The fraction of sp³-hybridized carbons (Fsp3) is 0.286. The van der Waals surface area contributed by atoms with Gasteiger partial charge in [0.2, 0.25) is 0 Å². The normalized spacial score (nSPS) is 10.6. The van der Waals surface area contributed by atoms with Gasteiger partial charge < -0.3 is 10.0 Å². The van der Waals surface area contributed by atoms with E-state index in [1.54, 1.807) is 18.3 Å². The van der Waals surface area contributed by atoms with Crippen LogP contribution < -0.4 is 4.90 Å². The molecular formula is C14H15BrN2O2S. The van der Waals surface area contributed by atoms with Crippen molar-refractivity contribution in [3.63, 3.8) is 0 Å². The van der Waals surface area contributed by atoms with Crippen LogP contribution in [0.5, 0.6) is 0 Å². The third kappa shape index (κ3) is 3.19. The number of pyridine rings is 1. The number of hydrogen-bond acceptors (Lipinski definition) is 4. The second-order valence-electron chi connectivity index (χ2n) is 4.64. The monoisotopic (exact) mass is 354 g/mol. The molecule has 2 heterocycles. The molecular weight excluding hydrogens is 340 g/mol. The number of halogens is 1. The lowest BCUT2D eigenvalue weighted by Crippen LogP contribution is -2.20. The highest BCUT2D eigenvalue weighted by Gasteiger charge is 2.18. The van der Waals surface area contributed by atoms with E-state index in [4.69, 9.17) is 0 Å². The molecule has 6 heteroatoms. The SMILES string of the molecule is Cc1cc(N(C)Cc2cc(Br)cs2)c(C(=O)O)c(C)n1. The Kier molecular flexibility index (Phi) is 4.45. The molecule has 0 saturated heterocycles. The van der Waals surface area contributed by atoms with E-state index in [9.17, 15) is 9.90 Å². The molecule has 0 aliphatic carbocycles. The third-order valence-electron chi connectivity index (χ3n) is 2.95. The summed E-state index contributed by atoms with van der Waals surface area (Å²) >= 11 is 5.07. The number of rotatable bonds is 4. The number of hydrogen-bond donors (Lipinski definition) is 1. The summed E-state index contributed by atoms with van der Waals surface area (Å²) in [6, 6.07) is 3.86. The molecule has 0 spiro atoms. The number of carboxylic acids is 1. The van der Waals surface area contributed by atoms with Crippen molar-refractivity contribution in [2.24, 2.45) is 0 Å². The summed E-state index contributed by atoms with van der Waals surface area (Å²) in [4.78, 5) is 18.8. The Morgan fingerprint density at radius 2 is 2.15 bits per heavy atom.